The van der Waals surface area contributed by atoms with Gasteiger partial charge in [-0.3, -0.25) is 28.8 Å². The molecule has 0 bridgehead atoms. The highest BCUT2D eigenvalue weighted by Gasteiger charge is 2.73. The maximum Gasteiger partial charge on any atom is 0.258 e. The summed E-state index contributed by atoms with van der Waals surface area (Å²) >= 11 is 0. The minimum absolute atomic E-state index is 0.0891. The summed E-state index contributed by atoms with van der Waals surface area (Å²) in [7, 11) is 0. The van der Waals surface area contributed by atoms with Gasteiger partial charge in [0.2, 0.25) is 34.7 Å². The summed E-state index contributed by atoms with van der Waals surface area (Å²) in [5.74, 6) is -17.0. The number of carbonyl (C=O) groups is 6. The van der Waals surface area contributed by atoms with Gasteiger partial charge < -0.3 is 142 Å². The molecule has 0 amide bonds. The summed E-state index contributed by atoms with van der Waals surface area (Å²) in [6.07, 6.45) is 33.3. The zero-order valence-corrected chi connectivity index (χ0v) is 77.7. The van der Waals surface area contributed by atoms with Crippen LogP contribution in [-0.2, 0) is 171 Å². The van der Waals surface area contributed by atoms with Crippen molar-refractivity contribution in [3.8, 4) is 0 Å². The van der Waals surface area contributed by atoms with E-state index in [0.29, 0.717) is 33.0 Å². The second-order valence-corrected chi connectivity index (χ2v) is 43.1. The van der Waals surface area contributed by atoms with Gasteiger partial charge in [-0.05, 0) is 158 Å². The van der Waals surface area contributed by atoms with Gasteiger partial charge in [-0.25, -0.2) is 0 Å². The van der Waals surface area contributed by atoms with E-state index in [4.69, 9.17) is 142 Å². The van der Waals surface area contributed by atoms with Crippen LogP contribution in [0, 0.1) is 0 Å². The van der Waals surface area contributed by atoms with Crippen molar-refractivity contribution in [3.05, 3.63) is 0 Å². The lowest BCUT2D eigenvalue weighted by Gasteiger charge is -2.38. The molecule has 36 nitrogen and oxygen atoms in total. The standard InChI is InChI=1S/C20H30O6.C18H26O6.C16H22O6.C15H22O6.C14H20O6.C12H18O6/c21-17-16-15(24-19(25-16)11-7-3-4-8-12-19)13-22-20(17)14-23-18(26-20)9-5-1-2-6-10-18;19-15-14-13(22-17(23-14)9-5-2-6-10-17)11-20-18(15)12-21-16(24-18)7-3-1-4-8-16;17-13-12-11(20-15(21-12)7-3-4-8-15)9-18-16(13)10-19-14(22-16)5-1-2-6-14;1-13(2)19-10-8-17-15(12(16)11(10)20-13)9-18-14(21-15)6-4-3-5-7-14;1-12(2)18-9-7-16-14(11(15)10(9)19-12)8-17-13(20-14)5-3-4-6-13;1-10(2)15-6-12(18-10)9(13)8-7(5-14-12)16-11(3,4)17-8/h15-16H,1-14H2;13-14H,1-12H2;11-12H,1-10H2;10-11H,3-9H2,1-2H3;9-10H,3-8H2,1-2H3;7-8H,5-6H2,1-4H3/t15-,16?,20+;13-,14?,18+;11-,12?,16+;10-,11?,15+;9-,10?,14+;7-,8?,12+/m111111/s1. The summed E-state index contributed by atoms with van der Waals surface area (Å²) in [5, 5.41) is 0. The number of hydrogen-bond acceptors (Lipinski definition) is 36. The normalized spacial score (nSPS) is 44.2. The van der Waals surface area contributed by atoms with Crippen molar-refractivity contribution < 1.29 is 171 Å². The number of ether oxygens (including phenoxy) is 30. The lowest BCUT2D eigenvalue weighted by molar-refractivity contribution is -0.279. The molecule has 0 aromatic carbocycles. The van der Waals surface area contributed by atoms with Crippen LogP contribution >= 0.6 is 0 Å². The van der Waals surface area contributed by atoms with E-state index in [0.717, 1.165) is 205 Å². The van der Waals surface area contributed by atoms with E-state index in [1.54, 1.807) is 55.4 Å². The van der Waals surface area contributed by atoms with Crippen LogP contribution in [0.25, 0.3) is 0 Å². The average molecular weight is 1860 g/mol. The fraction of sp³-hybridized carbons (Fsp3) is 0.937. The van der Waals surface area contributed by atoms with E-state index in [1.165, 1.54) is 44.9 Å². The van der Waals surface area contributed by atoms with E-state index >= 15 is 0 Å². The predicted octanol–water partition coefficient (Wildman–Crippen LogP) is 10.5. The summed E-state index contributed by atoms with van der Waals surface area (Å²) in [5.41, 5.74) is 0. The van der Waals surface area contributed by atoms with Gasteiger partial charge in [-0.15, -0.1) is 0 Å². The van der Waals surface area contributed by atoms with Crippen LogP contribution < -0.4 is 0 Å². The third-order valence-electron chi connectivity index (χ3n) is 31.4. The highest BCUT2D eigenvalue weighted by Crippen LogP contribution is 2.57. The van der Waals surface area contributed by atoms with Gasteiger partial charge in [-0.1, -0.05) is 44.9 Å². The summed E-state index contributed by atoms with van der Waals surface area (Å²) in [6, 6.07) is 0. The second kappa shape index (κ2) is 34.9. The maximum absolute atomic E-state index is 13.3. The molecule has 6 unspecified atom stereocenters. The molecule has 0 aromatic heterocycles. The fourth-order valence-corrected chi connectivity index (χ4v) is 24.9. The van der Waals surface area contributed by atoms with Crippen LogP contribution in [0.15, 0.2) is 0 Å². The molecule has 26 fully saturated rings. The molecule has 734 valence electrons. The van der Waals surface area contributed by atoms with Crippen molar-refractivity contribution in [2.45, 2.75) is 483 Å². The Morgan fingerprint density at radius 3 is 0.542 bits per heavy atom. The molecule has 0 N–H and O–H groups in total. The molecule has 36 heteroatoms. The van der Waals surface area contributed by atoms with Gasteiger partial charge in [0.05, 0.1) is 39.6 Å². The molecule has 131 heavy (non-hydrogen) atoms. The Hall–Kier alpha value is -3.18. The molecule has 8 aliphatic carbocycles. The van der Waals surface area contributed by atoms with Gasteiger partial charge in [0.1, 0.15) is 76.3 Å². The fourth-order valence-electron chi connectivity index (χ4n) is 24.9. The quantitative estimate of drug-likeness (QED) is 0.217. The molecular weight excluding hydrogens is 1720 g/mol. The van der Waals surface area contributed by atoms with Crippen molar-refractivity contribution in [3.63, 3.8) is 0 Å². The van der Waals surface area contributed by atoms with Crippen LogP contribution in [-0.4, -0.2) is 291 Å². The minimum atomic E-state index is -1.34. The number of fused-ring (bicyclic) bond motifs is 6. The van der Waals surface area contributed by atoms with Crippen LogP contribution in [0.5, 0.6) is 0 Å². The maximum atomic E-state index is 13.3. The first-order valence-corrected chi connectivity index (χ1v) is 49.8. The summed E-state index contributed by atoms with van der Waals surface area (Å²) < 4.78 is 177. The third-order valence-corrected chi connectivity index (χ3v) is 31.4. The summed E-state index contributed by atoms with van der Waals surface area (Å²) in [4.78, 5) is 77.4. The minimum Gasteiger partial charge on any atom is -0.344 e. The molecule has 18 heterocycles. The van der Waals surface area contributed by atoms with Crippen LogP contribution in [0.2, 0.25) is 0 Å². The lowest BCUT2D eigenvalue weighted by Crippen LogP contribution is -2.59. The highest BCUT2D eigenvalue weighted by molar-refractivity contribution is 5.95. The predicted molar refractivity (Wildman–Crippen MR) is 441 cm³/mol. The topological polar surface area (TPSA) is 379 Å². The average Bonchev–Trinajstić information content (AvgIpc) is 1.58. The molecule has 8 saturated carbocycles. The number of rotatable bonds is 0. The Morgan fingerprint density at radius 1 is 0.168 bits per heavy atom. The first-order chi connectivity index (χ1) is 62.6. The molecule has 26 aliphatic rings. The number of hydrogen-bond donors (Lipinski definition) is 0. The Labute approximate surface area is 764 Å². The Balaban J connectivity index is 0.0000000953. The third kappa shape index (κ3) is 17.7. The van der Waals surface area contributed by atoms with Gasteiger partial charge in [0.25, 0.3) is 34.7 Å². The number of carbonyl (C=O) groups excluding carboxylic acids is 6. The number of Topliss-reactive ketones (excluding diaryl/α,β-unsaturated/α-hetero) is 6. The Bertz CT molecular complexity index is 4160. The van der Waals surface area contributed by atoms with Gasteiger partial charge in [-0.2, -0.15) is 0 Å². The second-order valence-electron chi connectivity index (χ2n) is 43.1. The first kappa shape index (κ1) is 94.1. The molecule has 18 saturated heterocycles. The molecule has 18 aliphatic heterocycles. The van der Waals surface area contributed by atoms with Crippen LogP contribution in [0.3, 0.4) is 0 Å². The van der Waals surface area contributed by atoms with E-state index in [-0.39, 0.29) is 118 Å². The number of ketones is 6. The Kier molecular flexibility index (Phi) is 25.1. The van der Waals surface area contributed by atoms with E-state index < -0.39 is 141 Å². The van der Waals surface area contributed by atoms with E-state index in [9.17, 15) is 28.8 Å². The molecule has 26 rings (SSSR count). The molecule has 14 spiro atoms. The largest absolute Gasteiger partial charge is 0.344 e. The first-order valence-electron chi connectivity index (χ1n) is 49.8. The van der Waals surface area contributed by atoms with Gasteiger partial charge in [0.15, 0.2) is 106 Å². The van der Waals surface area contributed by atoms with Crippen LogP contribution in [0.4, 0.5) is 0 Å². The van der Waals surface area contributed by atoms with Crippen molar-refractivity contribution in [1.29, 1.82) is 0 Å². The van der Waals surface area contributed by atoms with Gasteiger partial charge in [0, 0.05) is 103 Å². The molecule has 0 aromatic rings. The van der Waals surface area contributed by atoms with Crippen LogP contribution in [0.1, 0.15) is 306 Å². The molecular formula is C95H138O36. The van der Waals surface area contributed by atoms with Crippen molar-refractivity contribution in [2.75, 3.05) is 79.3 Å². The van der Waals surface area contributed by atoms with Crippen molar-refractivity contribution in [2.24, 2.45) is 0 Å². The van der Waals surface area contributed by atoms with Gasteiger partial charge >= 0.3 is 0 Å². The van der Waals surface area contributed by atoms with Crippen molar-refractivity contribution >= 4 is 34.7 Å². The molecule has 18 atom stereocenters. The highest BCUT2D eigenvalue weighted by atomic mass is 16.9. The van der Waals surface area contributed by atoms with Crippen molar-refractivity contribution in [1.82, 2.24) is 0 Å². The monoisotopic (exact) mass is 1850 g/mol. The lowest BCUT2D eigenvalue weighted by atomic mass is 9.94. The smallest absolute Gasteiger partial charge is 0.258 e. The summed E-state index contributed by atoms with van der Waals surface area (Å²) in [6.45, 7) is 17.0. The zero-order valence-electron chi connectivity index (χ0n) is 77.7. The zero-order chi connectivity index (χ0) is 90.7. The molecule has 0 radical (unpaired) electrons. The SMILES string of the molecule is CC1(C)OC2C(=O)[C@@]3(COC(C)(C)O3)OC[C@H]2O1.CC1(C)OC2C(=O)[C@@]3(COC4(CCCC4)O3)OC[C@H]2O1.CC1(C)OC2C(=O)[C@@]3(COC4(CCCCC4)O3)OC[C@H]2O1.O=C1C2OC3(CCCC3)O[C@@H]2CO[C@]12COC1(CCCC1)O2.O=C1C2OC3(CCCCC3)O[C@@H]2CO[C@]12COC1(CCCCC1)O2.O=C1C2OC3(CCCCCC3)O[C@@H]2CO[C@]12COC1(CCCCCC1)O2. The van der Waals surface area contributed by atoms with E-state index in [1.807, 2.05) is 0 Å². The Morgan fingerprint density at radius 2 is 0.336 bits per heavy atom. The van der Waals surface area contributed by atoms with E-state index in [2.05, 4.69) is 0 Å².